The molecular formula is C14H23N3O3. The van der Waals surface area contributed by atoms with E-state index in [1.165, 1.54) is 0 Å². The van der Waals surface area contributed by atoms with Gasteiger partial charge in [0.15, 0.2) is 0 Å². The van der Waals surface area contributed by atoms with Crippen molar-refractivity contribution in [1.29, 1.82) is 0 Å². The number of likely N-dealkylation sites (N-methyl/N-ethyl adjacent to an activating group) is 1. The van der Waals surface area contributed by atoms with Gasteiger partial charge in [-0.1, -0.05) is 6.92 Å². The fraction of sp³-hybridized carbons (Fsp3) is 0.714. The molecule has 6 heteroatoms. The monoisotopic (exact) mass is 281 g/mol. The van der Waals surface area contributed by atoms with Gasteiger partial charge in [-0.3, -0.25) is 14.4 Å². The van der Waals surface area contributed by atoms with Crippen molar-refractivity contribution in [2.24, 2.45) is 13.0 Å². The smallest absolute Gasteiger partial charge is 0.310 e. The molecule has 112 valence electrons. The van der Waals surface area contributed by atoms with Gasteiger partial charge in [0, 0.05) is 30.9 Å². The van der Waals surface area contributed by atoms with Crippen molar-refractivity contribution >= 4 is 5.97 Å². The second-order valence-electron chi connectivity index (χ2n) is 5.40. The van der Waals surface area contributed by atoms with Gasteiger partial charge in [0.2, 0.25) is 0 Å². The van der Waals surface area contributed by atoms with E-state index in [0.717, 1.165) is 17.8 Å². The van der Waals surface area contributed by atoms with Crippen LogP contribution in [0.4, 0.5) is 0 Å². The maximum absolute atomic E-state index is 11.3. The Morgan fingerprint density at radius 3 is 2.85 bits per heavy atom. The molecule has 0 aliphatic carbocycles. The molecule has 1 saturated heterocycles. The number of carboxylic acids is 1. The minimum absolute atomic E-state index is 0.0768. The molecule has 20 heavy (non-hydrogen) atoms. The number of hydrogen-bond donors (Lipinski definition) is 1. The Morgan fingerprint density at radius 1 is 1.65 bits per heavy atom. The molecule has 1 aliphatic heterocycles. The first kappa shape index (κ1) is 15.0. The summed E-state index contributed by atoms with van der Waals surface area (Å²) in [4.78, 5) is 13.5. The minimum Gasteiger partial charge on any atom is -0.481 e. The van der Waals surface area contributed by atoms with Crippen molar-refractivity contribution in [3.63, 3.8) is 0 Å². The summed E-state index contributed by atoms with van der Waals surface area (Å²) < 4.78 is 7.19. The lowest BCUT2D eigenvalue weighted by molar-refractivity contribution is -0.143. The van der Waals surface area contributed by atoms with Crippen LogP contribution in [-0.4, -0.2) is 51.6 Å². The second kappa shape index (κ2) is 5.93. The summed E-state index contributed by atoms with van der Waals surface area (Å²) in [6.45, 7) is 7.71. The molecule has 1 N–H and O–H groups in total. The zero-order valence-electron chi connectivity index (χ0n) is 12.5. The van der Waals surface area contributed by atoms with Gasteiger partial charge >= 0.3 is 5.97 Å². The molecule has 1 aliphatic rings. The minimum atomic E-state index is -0.777. The normalized spacial score (nSPS) is 24.2. The predicted molar refractivity (Wildman–Crippen MR) is 74.5 cm³/mol. The van der Waals surface area contributed by atoms with Gasteiger partial charge in [-0.15, -0.1) is 0 Å². The van der Waals surface area contributed by atoms with Gasteiger partial charge in [-0.05, 0) is 20.4 Å². The average Bonchev–Trinajstić information content (AvgIpc) is 2.97. The Bertz CT molecular complexity index is 486. The molecule has 0 amide bonds. The number of carbonyl (C=O) groups is 1. The van der Waals surface area contributed by atoms with Gasteiger partial charge in [0.1, 0.15) is 0 Å². The molecule has 0 spiro atoms. The summed E-state index contributed by atoms with van der Waals surface area (Å²) in [5, 5.41) is 13.7. The summed E-state index contributed by atoms with van der Waals surface area (Å²) >= 11 is 0. The molecule has 6 nitrogen and oxygen atoms in total. The lowest BCUT2D eigenvalue weighted by atomic mass is 9.98. The van der Waals surface area contributed by atoms with Crippen LogP contribution in [-0.2, 0) is 16.6 Å². The highest BCUT2D eigenvalue weighted by Gasteiger charge is 2.39. The molecule has 0 aromatic carbocycles. The lowest BCUT2D eigenvalue weighted by Gasteiger charge is -2.34. The Kier molecular flexibility index (Phi) is 4.45. The van der Waals surface area contributed by atoms with E-state index in [-0.39, 0.29) is 12.1 Å². The van der Waals surface area contributed by atoms with Crippen LogP contribution in [0, 0.1) is 12.8 Å². The molecular weight excluding hydrogens is 258 g/mol. The quantitative estimate of drug-likeness (QED) is 0.878. The fourth-order valence-electron chi connectivity index (χ4n) is 3.11. The predicted octanol–water partition coefficient (Wildman–Crippen LogP) is 1.21. The van der Waals surface area contributed by atoms with E-state index in [1.807, 2.05) is 20.2 Å². The molecule has 3 atom stereocenters. The highest BCUT2D eigenvalue weighted by molar-refractivity contribution is 5.71. The van der Waals surface area contributed by atoms with Crippen molar-refractivity contribution in [3.8, 4) is 0 Å². The number of ether oxygens (including phenoxy) is 1. The molecule has 0 radical (unpaired) electrons. The Morgan fingerprint density at radius 2 is 2.35 bits per heavy atom. The van der Waals surface area contributed by atoms with Gasteiger partial charge in [0.25, 0.3) is 0 Å². The maximum Gasteiger partial charge on any atom is 0.310 e. The van der Waals surface area contributed by atoms with E-state index >= 15 is 0 Å². The Balaban J connectivity index is 2.23. The van der Waals surface area contributed by atoms with Crippen LogP contribution in [0.15, 0.2) is 6.20 Å². The number of nitrogens with zero attached hydrogens (tertiary/aromatic N) is 3. The summed E-state index contributed by atoms with van der Waals surface area (Å²) in [5.41, 5.74) is 2.13. The van der Waals surface area contributed by atoms with Crippen LogP contribution in [0.1, 0.15) is 31.1 Å². The number of aromatic nitrogens is 2. The van der Waals surface area contributed by atoms with Crippen molar-refractivity contribution in [2.45, 2.75) is 32.9 Å². The number of carboxylic acid groups (broad SMARTS) is 1. The summed E-state index contributed by atoms with van der Waals surface area (Å²) in [7, 11) is 1.90. The highest BCUT2D eigenvalue weighted by Crippen LogP contribution is 2.29. The third kappa shape index (κ3) is 2.71. The van der Waals surface area contributed by atoms with E-state index in [0.29, 0.717) is 13.2 Å². The van der Waals surface area contributed by atoms with Crippen LogP contribution < -0.4 is 0 Å². The third-order valence-corrected chi connectivity index (χ3v) is 4.16. The second-order valence-corrected chi connectivity index (χ2v) is 5.40. The van der Waals surface area contributed by atoms with Crippen LogP contribution >= 0.6 is 0 Å². The largest absolute Gasteiger partial charge is 0.481 e. The first-order valence-corrected chi connectivity index (χ1v) is 7.02. The zero-order valence-corrected chi connectivity index (χ0v) is 12.5. The highest BCUT2D eigenvalue weighted by atomic mass is 16.5. The van der Waals surface area contributed by atoms with E-state index in [1.54, 1.807) is 4.68 Å². The van der Waals surface area contributed by atoms with Crippen molar-refractivity contribution < 1.29 is 14.6 Å². The molecule has 0 saturated carbocycles. The lowest BCUT2D eigenvalue weighted by Crippen LogP contribution is -2.44. The molecule has 0 bridgehead atoms. The number of aliphatic carboxylic acids is 1. The van der Waals surface area contributed by atoms with Crippen molar-refractivity contribution in [1.82, 2.24) is 14.7 Å². The SMILES string of the molecule is CCN(C(C)c1cn(C)nc1C)C1COCC1C(=O)O. The van der Waals surface area contributed by atoms with E-state index < -0.39 is 11.9 Å². The molecule has 1 fully saturated rings. The Labute approximate surface area is 119 Å². The van der Waals surface area contributed by atoms with Gasteiger partial charge in [0.05, 0.1) is 24.8 Å². The van der Waals surface area contributed by atoms with Gasteiger partial charge in [-0.25, -0.2) is 0 Å². The maximum atomic E-state index is 11.3. The molecule has 2 rings (SSSR count). The standard InChI is InChI=1S/C14H23N3O3/c1-5-17(13-8-20-7-12(13)14(18)19)10(3)11-6-16(4)15-9(11)2/h6,10,12-13H,5,7-8H2,1-4H3,(H,18,19). The molecule has 2 heterocycles. The molecule has 3 unspecified atom stereocenters. The van der Waals surface area contributed by atoms with Crippen LogP contribution in [0.5, 0.6) is 0 Å². The average molecular weight is 281 g/mol. The first-order valence-electron chi connectivity index (χ1n) is 7.02. The van der Waals surface area contributed by atoms with Crippen molar-refractivity contribution in [3.05, 3.63) is 17.5 Å². The zero-order chi connectivity index (χ0) is 14.9. The van der Waals surface area contributed by atoms with Crippen LogP contribution in [0.2, 0.25) is 0 Å². The van der Waals surface area contributed by atoms with Gasteiger partial charge in [-0.2, -0.15) is 5.10 Å². The number of hydrogen-bond acceptors (Lipinski definition) is 4. The molecule has 1 aromatic rings. The summed E-state index contributed by atoms with van der Waals surface area (Å²) in [6, 6.07) is 0.0503. The van der Waals surface area contributed by atoms with Crippen molar-refractivity contribution in [2.75, 3.05) is 19.8 Å². The Hall–Kier alpha value is -1.40. The van der Waals surface area contributed by atoms with E-state index in [2.05, 4.69) is 23.8 Å². The molecule has 1 aromatic heterocycles. The van der Waals surface area contributed by atoms with E-state index in [4.69, 9.17) is 4.74 Å². The topological polar surface area (TPSA) is 67.6 Å². The number of rotatable bonds is 5. The summed E-state index contributed by atoms with van der Waals surface area (Å²) in [5.74, 6) is -1.23. The third-order valence-electron chi connectivity index (χ3n) is 4.16. The fourth-order valence-corrected chi connectivity index (χ4v) is 3.11. The summed E-state index contributed by atoms with van der Waals surface area (Å²) in [6.07, 6.45) is 2.01. The van der Waals surface area contributed by atoms with Crippen LogP contribution in [0.3, 0.4) is 0 Å². The van der Waals surface area contributed by atoms with Gasteiger partial charge < -0.3 is 9.84 Å². The first-order chi connectivity index (χ1) is 9.45. The number of aryl methyl sites for hydroxylation is 2. The van der Waals surface area contributed by atoms with E-state index in [9.17, 15) is 9.90 Å². The van der Waals surface area contributed by atoms with Crippen LogP contribution in [0.25, 0.3) is 0 Å².